The average Bonchev–Trinajstić information content (AvgIpc) is 2.76. The lowest BCUT2D eigenvalue weighted by Gasteiger charge is -2.34. The molecular weight excluding hydrogens is 435 g/mol. The molecule has 0 unspecified atom stereocenters. The monoisotopic (exact) mass is 460 g/mol. The summed E-state index contributed by atoms with van der Waals surface area (Å²) in [6.45, 7) is 3.95. The molecule has 0 bridgehead atoms. The van der Waals surface area contributed by atoms with Crippen molar-refractivity contribution >= 4 is 28.0 Å². The van der Waals surface area contributed by atoms with Crippen LogP contribution in [0.3, 0.4) is 0 Å². The van der Waals surface area contributed by atoms with E-state index in [-0.39, 0.29) is 31.1 Å². The zero-order valence-corrected chi connectivity index (χ0v) is 18.8. The van der Waals surface area contributed by atoms with Crippen LogP contribution in [0.15, 0.2) is 53.4 Å². The van der Waals surface area contributed by atoms with Gasteiger partial charge < -0.3 is 9.64 Å². The van der Waals surface area contributed by atoms with Gasteiger partial charge >= 0.3 is 5.97 Å². The number of carbonyl (C=O) groups is 2. The van der Waals surface area contributed by atoms with Crippen LogP contribution >= 0.6 is 0 Å². The average molecular weight is 461 g/mol. The molecule has 0 saturated carbocycles. The van der Waals surface area contributed by atoms with Gasteiger partial charge in [0.05, 0.1) is 4.90 Å². The number of esters is 1. The number of halogens is 1. The lowest BCUT2D eigenvalue weighted by molar-refractivity contribution is -0.148. The normalized spacial score (nSPS) is 15.2. The minimum absolute atomic E-state index is 0.162. The number of benzene rings is 2. The Labute approximate surface area is 187 Å². The molecule has 2 aromatic rings. The molecule has 1 heterocycles. The maximum atomic E-state index is 13.1. The van der Waals surface area contributed by atoms with Gasteiger partial charge in [-0.15, -0.1) is 0 Å². The molecule has 32 heavy (non-hydrogen) atoms. The van der Waals surface area contributed by atoms with Crippen molar-refractivity contribution < 1.29 is 27.1 Å². The van der Waals surface area contributed by atoms with Gasteiger partial charge in [0.2, 0.25) is 10.0 Å². The summed E-state index contributed by atoms with van der Waals surface area (Å²) in [6.07, 6.45) is 2.52. The van der Waals surface area contributed by atoms with E-state index in [1.807, 2.05) is 13.0 Å². The minimum Gasteiger partial charge on any atom is -0.452 e. The van der Waals surface area contributed by atoms with Crippen LogP contribution in [0.1, 0.15) is 16.7 Å². The lowest BCUT2D eigenvalue weighted by atomic mass is 10.2. The highest BCUT2D eigenvalue weighted by atomic mass is 32.2. The highest BCUT2D eigenvalue weighted by molar-refractivity contribution is 7.89. The molecule has 2 aromatic carbocycles. The Balaban J connectivity index is 1.50. The van der Waals surface area contributed by atoms with Gasteiger partial charge in [0.25, 0.3) is 5.91 Å². The highest BCUT2D eigenvalue weighted by Crippen LogP contribution is 2.22. The summed E-state index contributed by atoms with van der Waals surface area (Å²) in [6, 6.07) is 10.9. The first-order valence-corrected chi connectivity index (χ1v) is 11.6. The Morgan fingerprint density at radius 1 is 1.06 bits per heavy atom. The number of rotatable bonds is 6. The predicted octanol–water partition coefficient (Wildman–Crippen LogP) is 2.53. The molecular formula is C23H25FN2O5S. The van der Waals surface area contributed by atoms with Crippen molar-refractivity contribution in [3.8, 4) is 0 Å². The molecule has 1 fully saturated rings. The second kappa shape index (κ2) is 10.1. The first-order chi connectivity index (χ1) is 15.2. The summed E-state index contributed by atoms with van der Waals surface area (Å²) in [5.41, 5.74) is 2.16. The van der Waals surface area contributed by atoms with Gasteiger partial charge in [0.15, 0.2) is 6.61 Å². The lowest BCUT2D eigenvalue weighted by Crippen LogP contribution is -2.51. The van der Waals surface area contributed by atoms with E-state index < -0.39 is 34.3 Å². The van der Waals surface area contributed by atoms with Crippen LogP contribution in [0.25, 0.3) is 6.08 Å². The third-order valence-electron chi connectivity index (χ3n) is 5.14. The van der Waals surface area contributed by atoms with Crippen molar-refractivity contribution in [3.05, 3.63) is 71.0 Å². The van der Waals surface area contributed by atoms with Crippen LogP contribution in [0.2, 0.25) is 0 Å². The standard InChI is InChI=1S/C23H25FN2O5S/c1-17-6-8-21(18(2)14-17)32(29,30)26-12-10-25(11-13-26)22(27)16-31-23(28)9-7-19-4-3-5-20(24)15-19/h3-9,14-15H,10-13,16H2,1-2H3/b9-7+. The van der Waals surface area contributed by atoms with Crippen molar-refractivity contribution in [1.82, 2.24) is 9.21 Å². The van der Waals surface area contributed by atoms with Crippen LogP contribution in [0, 0.1) is 19.7 Å². The van der Waals surface area contributed by atoms with Gasteiger partial charge in [-0.05, 0) is 49.2 Å². The number of hydrogen-bond donors (Lipinski definition) is 0. The molecule has 1 saturated heterocycles. The fraction of sp³-hybridized carbons (Fsp3) is 0.304. The number of ether oxygens (including phenoxy) is 1. The maximum absolute atomic E-state index is 13.1. The first-order valence-electron chi connectivity index (χ1n) is 10.1. The molecule has 7 nitrogen and oxygen atoms in total. The van der Waals surface area contributed by atoms with Crippen molar-refractivity contribution in [1.29, 1.82) is 0 Å². The smallest absolute Gasteiger partial charge is 0.331 e. The van der Waals surface area contributed by atoms with E-state index in [1.165, 1.54) is 33.5 Å². The zero-order chi connectivity index (χ0) is 23.3. The largest absolute Gasteiger partial charge is 0.452 e. The number of hydrogen-bond acceptors (Lipinski definition) is 5. The molecule has 0 aromatic heterocycles. The van der Waals surface area contributed by atoms with Crippen LogP contribution in [-0.4, -0.2) is 62.3 Å². The molecule has 0 atom stereocenters. The minimum atomic E-state index is -3.65. The van der Waals surface area contributed by atoms with Gasteiger partial charge in [-0.3, -0.25) is 4.79 Å². The van der Waals surface area contributed by atoms with Crippen molar-refractivity contribution in [3.63, 3.8) is 0 Å². The topological polar surface area (TPSA) is 84.0 Å². The third-order valence-corrected chi connectivity index (χ3v) is 7.20. The van der Waals surface area contributed by atoms with Gasteiger partial charge in [0.1, 0.15) is 5.82 Å². The van der Waals surface area contributed by atoms with Gasteiger partial charge in [0, 0.05) is 32.3 Å². The van der Waals surface area contributed by atoms with Crippen molar-refractivity contribution in [2.75, 3.05) is 32.8 Å². The number of sulfonamides is 1. The van der Waals surface area contributed by atoms with Gasteiger partial charge in [-0.25, -0.2) is 17.6 Å². The molecule has 0 aliphatic carbocycles. The Morgan fingerprint density at radius 3 is 2.44 bits per heavy atom. The van der Waals surface area contributed by atoms with Crippen LogP contribution in [0.4, 0.5) is 4.39 Å². The number of amides is 1. The molecule has 1 aliphatic rings. The molecule has 1 amide bonds. The highest BCUT2D eigenvalue weighted by Gasteiger charge is 2.31. The summed E-state index contributed by atoms with van der Waals surface area (Å²) >= 11 is 0. The fourth-order valence-electron chi connectivity index (χ4n) is 3.45. The van der Waals surface area contributed by atoms with Crippen LogP contribution < -0.4 is 0 Å². The van der Waals surface area contributed by atoms with E-state index in [4.69, 9.17) is 4.74 Å². The summed E-state index contributed by atoms with van der Waals surface area (Å²) < 4.78 is 45.3. The second-order valence-electron chi connectivity index (χ2n) is 7.55. The van der Waals surface area contributed by atoms with E-state index in [0.717, 1.165) is 11.6 Å². The van der Waals surface area contributed by atoms with Crippen LogP contribution in [0.5, 0.6) is 0 Å². The van der Waals surface area contributed by atoms with Gasteiger partial charge in [-0.1, -0.05) is 29.8 Å². The SMILES string of the molecule is Cc1ccc(S(=O)(=O)N2CCN(C(=O)COC(=O)/C=C/c3cccc(F)c3)CC2)c(C)c1. The number of aryl methyl sites for hydroxylation is 2. The Hall–Kier alpha value is -3.04. The molecule has 1 aliphatic heterocycles. The number of piperazine rings is 1. The van der Waals surface area contributed by atoms with E-state index in [2.05, 4.69) is 0 Å². The van der Waals surface area contributed by atoms with E-state index in [1.54, 1.807) is 25.1 Å². The third kappa shape index (κ3) is 5.80. The molecule has 0 spiro atoms. The molecule has 0 radical (unpaired) electrons. The van der Waals surface area contributed by atoms with E-state index in [0.29, 0.717) is 11.1 Å². The van der Waals surface area contributed by atoms with Crippen molar-refractivity contribution in [2.45, 2.75) is 18.7 Å². The Morgan fingerprint density at radius 2 is 1.78 bits per heavy atom. The maximum Gasteiger partial charge on any atom is 0.331 e. The second-order valence-corrected chi connectivity index (χ2v) is 9.46. The number of carbonyl (C=O) groups excluding carboxylic acids is 2. The summed E-state index contributed by atoms with van der Waals surface area (Å²) in [4.78, 5) is 25.9. The van der Waals surface area contributed by atoms with Crippen molar-refractivity contribution in [2.24, 2.45) is 0 Å². The Kier molecular flexibility index (Phi) is 7.42. The van der Waals surface area contributed by atoms with Gasteiger partial charge in [-0.2, -0.15) is 4.31 Å². The first kappa shape index (κ1) is 23.6. The molecule has 170 valence electrons. The summed E-state index contributed by atoms with van der Waals surface area (Å²) in [5.74, 6) is -1.55. The predicted molar refractivity (Wildman–Crippen MR) is 118 cm³/mol. The fourth-order valence-corrected chi connectivity index (χ4v) is 5.08. The molecule has 9 heteroatoms. The zero-order valence-electron chi connectivity index (χ0n) is 18.0. The quantitative estimate of drug-likeness (QED) is 0.489. The molecule has 3 rings (SSSR count). The van der Waals surface area contributed by atoms with E-state index >= 15 is 0 Å². The van der Waals surface area contributed by atoms with E-state index in [9.17, 15) is 22.4 Å². The summed E-state index contributed by atoms with van der Waals surface area (Å²) in [7, 11) is -3.65. The Bertz CT molecular complexity index is 1140. The van der Waals surface area contributed by atoms with Crippen LogP contribution in [-0.2, 0) is 24.3 Å². The number of nitrogens with zero attached hydrogens (tertiary/aromatic N) is 2. The molecule has 0 N–H and O–H groups in total. The summed E-state index contributed by atoms with van der Waals surface area (Å²) in [5, 5.41) is 0.